The molecule has 1 amide bonds. The third-order valence-corrected chi connectivity index (χ3v) is 8.05. The van der Waals surface area contributed by atoms with Gasteiger partial charge in [-0.05, 0) is 50.5 Å². The van der Waals surface area contributed by atoms with Crippen molar-refractivity contribution in [1.29, 1.82) is 0 Å². The quantitative estimate of drug-likeness (QED) is 0.645. The van der Waals surface area contributed by atoms with Crippen molar-refractivity contribution >= 4 is 27.3 Å². The lowest BCUT2D eigenvalue weighted by Crippen LogP contribution is -2.42. The third kappa shape index (κ3) is 5.77. The highest BCUT2D eigenvalue weighted by Gasteiger charge is 2.33. The predicted octanol–water partition coefficient (Wildman–Crippen LogP) is 2.72. The van der Waals surface area contributed by atoms with Crippen LogP contribution < -0.4 is 5.32 Å². The van der Waals surface area contributed by atoms with Gasteiger partial charge < -0.3 is 10.1 Å². The van der Waals surface area contributed by atoms with E-state index in [1.54, 1.807) is 21.8 Å². The first kappa shape index (κ1) is 21.3. The van der Waals surface area contributed by atoms with Crippen LogP contribution in [-0.2, 0) is 19.6 Å². The van der Waals surface area contributed by atoms with E-state index in [0.29, 0.717) is 30.5 Å². The topological polar surface area (TPSA) is 75.7 Å². The normalized spacial score (nSPS) is 18.2. The molecule has 0 spiro atoms. The van der Waals surface area contributed by atoms with E-state index in [-0.39, 0.29) is 23.8 Å². The number of ether oxygens (including phenoxy) is 1. The Morgan fingerprint density at radius 3 is 2.62 bits per heavy atom. The van der Waals surface area contributed by atoms with Crippen LogP contribution >= 0.6 is 11.3 Å². The summed E-state index contributed by atoms with van der Waals surface area (Å²) < 4.78 is 32.5. The minimum atomic E-state index is -3.38. The maximum Gasteiger partial charge on any atom is 0.252 e. The van der Waals surface area contributed by atoms with Crippen LogP contribution in [-0.4, -0.2) is 51.0 Å². The van der Waals surface area contributed by atoms with E-state index in [1.807, 2.05) is 20.8 Å². The molecule has 148 valence electrons. The van der Waals surface area contributed by atoms with Crippen LogP contribution in [0.2, 0.25) is 0 Å². The van der Waals surface area contributed by atoms with Gasteiger partial charge in [-0.1, -0.05) is 13.0 Å². The highest BCUT2D eigenvalue weighted by Crippen LogP contribution is 2.29. The van der Waals surface area contributed by atoms with Gasteiger partial charge in [0, 0.05) is 32.2 Å². The molecule has 0 radical (unpaired) electrons. The monoisotopic (exact) mass is 402 g/mol. The number of rotatable bonds is 9. The van der Waals surface area contributed by atoms with Crippen LogP contribution in [0.15, 0.2) is 21.7 Å². The number of thiophene rings is 1. The highest BCUT2D eigenvalue weighted by atomic mass is 32.2. The van der Waals surface area contributed by atoms with Gasteiger partial charge >= 0.3 is 0 Å². The van der Waals surface area contributed by atoms with Gasteiger partial charge in [-0.25, -0.2) is 8.42 Å². The van der Waals surface area contributed by atoms with Crippen molar-refractivity contribution in [2.24, 2.45) is 11.8 Å². The van der Waals surface area contributed by atoms with Gasteiger partial charge in [-0.3, -0.25) is 4.79 Å². The number of piperidine rings is 1. The smallest absolute Gasteiger partial charge is 0.252 e. The summed E-state index contributed by atoms with van der Waals surface area (Å²) in [7, 11) is -3.38. The number of hydrogen-bond donors (Lipinski definition) is 1. The van der Waals surface area contributed by atoms with Crippen LogP contribution in [0, 0.1) is 11.8 Å². The Hall–Kier alpha value is -0.960. The van der Waals surface area contributed by atoms with Crippen LogP contribution in [0.5, 0.6) is 0 Å². The van der Waals surface area contributed by atoms with E-state index in [0.717, 1.165) is 19.3 Å². The van der Waals surface area contributed by atoms with Crippen molar-refractivity contribution in [2.75, 3.05) is 26.2 Å². The summed E-state index contributed by atoms with van der Waals surface area (Å²) in [5.74, 6) is 0.165. The number of nitrogens with one attached hydrogen (secondary N) is 1. The Bertz CT molecular complexity index is 651. The fourth-order valence-electron chi connectivity index (χ4n) is 3.13. The molecule has 0 aliphatic carbocycles. The molecule has 1 fully saturated rings. The van der Waals surface area contributed by atoms with E-state index in [9.17, 15) is 13.2 Å². The molecule has 0 saturated carbocycles. The molecule has 1 aliphatic rings. The molecule has 1 atom stereocenters. The van der Waals surface area contributed by atoms with Crippen molar-refractivity contribution in [2.45, 2.75) is 50.3 Å². The zero-order chi connectivity index (χ0) is 19.2. The minimum absolute atomic E-state index is 0.0501. The van der Waals surface area contributed by atoms with Gasteiger partial charge in [-0.15, -0.1) is 11.3 Å². The van der Waals surface area contributed by atoms with Crippen LogP contribution in [0.3, 0.4) is 0 Å². The zero-order valence-electron chi connectivity index (χ0n) is 15.8. The van der Waals surface area contributed by atoms with Gasteiger partial charge in [0.2, 0.25) is 5.91 Å². The molecule has 1 aromatic heterocycles. The molecular weight excluding hydrogens is 372 g/mol. The highest BCUT2D eigenvalue weighted by molar-refractivity contribution is 7.91. The summed E-state index contributed by atoms with van der Waals surface area (Å²) >= 11 is 1.25. The lowest BCUT2D eigenvalue weighted by atomic mass is 9.85. The molecule has 8 heteroatoms. The van der Waals surface area contributed by atoms with Gasteiger partial charge in [0.1, 0.15) is 4.21 Å². The Balaban J connectivity index is 1.75. The molecule has 1 saturated heterocycles. The molecule has 2 heterocycles. The van der Waals surface area contributed by atoms with Crippen LogP contribution in [0.25, 0.3) is 0 Å². The Labute approximate surface area is 161 Å². The fraction of sp³-hybridized carbons (Fsp3) is 0.722. The minimum Gasteiger partial charge on any atom is -0.379 e. The van der Waals surface area contributed by atoms with Gasteiger partial charge in [0.15, 0.2) is 0 Å². The summed E-state index contributed by atoms with van der Waals surface area (Å²) in [6, 6.07) is 3.40. The van der Waals surface area contributed by atoms with Gasteiger partial charge in [0.05, 0.1) is 6.10 Å². The number of sulfonamides is 1. The number of nitrogens with zero attached hydrogens (tertiary/aromatic N) is 1. The molecule has 2 rings (SSSR count). The van der Waals surface area contributed by atoms with Gasteiger partial charge in [0.25, 0.3) is 10.0 Å². The standard InChI is InChI=1S/C18H30N2O4S2/c1-14(2)24-12-5-9-19-18(21)15(3)16-7-10-20(11-8-16)26(22,23)17-6-4-13-25-17/h4,6,13-16H,5,7-12H2,1-3H3,(H,19,21)/t15-/m0/s1. The number of carbonyl (C=O) groups is 1. The Morgan fingerprint density at radius 1 is 1.35 bits per heavy atom. The van der Waals surface area contributed by atoms with Crippen molar-refractivity contribution in [3.05, 3.63) is 17.5 Å². The van der Waals surface area contributed by atoms with E-state index < -0.39 is 10.0 Å². The number of hydrogen-bond acceptors (Lipinski definition) is 5. The van der Waals surface area contributed by atoms with Crippen molar-refractivity contribution in [1.82, 2.24) is 9.62 Å². The summed E-state index contributed by atoms with van der Waals surface area (Å²) in [6.45, 7) is 8.13. The predicted molar refractivity (Wildman–Crippen MR) is 104 cm³/mol. The van der Waals surface area contributed by atoms with Crippen LogP contribution in [0.4, 0.5) is 0 Å². The van der Waals surface area contributed by atoms with E-state index in [4.69, 9.17) is 4.74 Å². The van der Waals surface area contributed by atoms with E-state index >= 15 is 0 Å². The second-order valence-corrected chi connectivity index (χ2v) is 10.1. The Kier molecular flexibility index (Phi) is 8.06. The SMILES string of the molecule is CC(C)OCCCNC(=O)[C@@H](C)C1CCN(S(=O)(=O)c2cccs2)CC1. The number of carbonyl (C=O) groups excluding carboxylic acids is 1. The third-order valence-electron chi connectivity index (χ3n) is 4.78. The molecule has 6 nitrogen and oxygen atoms in total. The molecule has 0 unspecified atom stereocenters. The molecule has 1 N–H and O–H groups in total. The molecule has 1 aromatic rings. The summed E-state index contributed by atoms with van der Waals surface area (Å²) in [6.07, 6.45) is 2.44. The average molecular weight is 403 g/mol. The fourth-order valence-corrected chi connectivity index (χ4v) is 5.75. The molecular formula is C18H30N2O4S2. The molecule has 1 aliphatic heterocycles. The molecule has 0 aromatic carbocycles. The Morgan fingerprint density at radius 2 is 2.04 bits per heavy atom. The number of amides is 1. The zero-order valence-corrected chi connectivity index (χ0v) is 17.4. The van der Waals surface area contributed by atoms with E-state index in [2.05, 4.69) is 5.32 Å². The van der Waals surface area contributed by atoms with Gasteiger partial charge in [-0.2, -0.15) is 4.31 Å². The first-order valence-electron chi connectivity index (χ1n) is 9.25. The first-order chi connectivity index (χ1) is 12.3. The average Bonchev–Trinajstić information content (AvgIpc) is 3.16. The summed E-state index contributed by atoms with van der Waals surface area (Å²) in [5.41, 5.74) is 0. The molecule has 26 heavy (non-hydrogen) atoms. The lowest BCUT2D eigenvalue weighted by Gasteiger charge is -2.33. The van der Waals surface area contributed by atoms with Crippen LogP contribution in [0.1, 0.15) is 40.0 Å². The largest absolute Gasteiger partial charge is 0.379 e. The molecule has 0 bridgehead atoms. The lowest BCUT2D eigenvalue weighted by molar-refractivity contribution is -0.126. The second kappa shape index (κ2) is 9.82. The maximum atomic E-state index is 12.6. The van der Waals surface area contributed by atoms with Crippen molar-refractivity contribution in [3.8, 4) is 0 Å². The van der Waals surface area contributed by atoms with Crippen molar-refractivity contribution in [3.63, 3.8) is 0 Å². The summed E-state index contributed by atoms with van der Waals surface area (Å²) in [5, 5.41) is 4.74. The second-order valence-electron chi connectivity index (χ2n) is 7.03. The van der Waals surface area contributed by atoms with E-state index in [1.165, 1.54) is 11.3 Å². The maximum absolute atomic E-state index is 12.6. The first-order valence-corrected chi connectivity index (χ1v) is 11.6. The van der Waals surface area contributed by atoms with Crippen molar-refractivity contribution < 1.29 is 17.9 Å². The summed E-state index contributed by atoms with van der Waals surface area (Å²) in [4.78, 5) is 12.3.